The monoisotopic (exact) mass is 1180 g/mol. The molecule has 374 valence electrons. The van der Waals surface area contributed by atoms with E-state index in [-0.39, 0.29) is 93.4 Å². The molecule has 0 unspecified atom stereocenters. The quantitative estimate of drug-likeness (QED) is 0.103. The third kappa shape index (κ3) is 52.4. The molecule has 0 aliphatic rings. The van der Waals surface area contributed by atoms with Gasteiger partial charge in [0.2, 0.25) is 0 Å². The van der Waals surface area contributed by atoms with Crippen molar-refractivity contribution in [2.75, 3.05) is 35.5 Å². The number of hydrogen-bond acceptors (Lipinski definition) is 21. The van der Waals surface area contributed by atoms with Gasteiger partial charge in [-0.1, -0.05) is 96.4 Å². The summed E-state index contributed by atoms with van der Waals surface area (Å²) in [6.07, 6.45) is 2.48. The van der Waals surface area contributed by atoms with Crippen LogP contribution in [-0.4, -0.2) is 82.8 Å². The number of para-hydroxylation sites is 2. The van der Waals surface area contributed by atoms with Crippen molar-refractivity contribution in [1.29, 1.82) is 10.5 Å². The van der Waals surface area contributed by atoms with Crippen LogP contribution in [0.25, 0.3) is 0 Å². The summed E-state index contributed by atoms with van der Waals surface area (Å²) in [5.74, 6) is -4.30. The first-order chi connectivity index (χ1) is 30.5. The number of ether oxygens (including phenoxy) is 2. The van der Waals surface area contributed by atoms with Crippen LogP contribution in [0.3, 0.4) is 0 Å². The average Bonchev–Trinajstić information content (AvgIpc) is 3.27. The van der Waals surface area contributed by atoms with Crippen molar-refractivity contribution in [3.8, 4) is 35.1 Å². The van der Waals surface area contributed by atoms with E-state index in [2.05, 4.69) is 20.4 Å². The molecule has 0 aliphatic heterocycles. The minimum absolute atomic E-state index is 0. The molecule has 0 aliphatic carbocycles. The zero-order valence-electron chi connectivity index (χ0n) is 37.7. The fourth-order valence-corrected chi connectivity index (χ4v) is 3.15. The number of methoxy groups -OCH3 is 2. The van der Waals surface area contributed by atoms with Gasteiger partial charge in [0.25, 0.3) is 0 Å². The van der Waals surface area contributed by atoms with Crippen LogP contribution in [0.2, 0.25) is 0 Å². The molecule has 0 spiro atoms. The van der Waals surface area contributed by atoms with E-state index in [9.17, 15) is 20.4 Å². The molecule has 4 aromatic carbocycles. The second-order valence-corrected chi connectivity index (χ2v) is 9.71. The SMILES string of the molecule is CC#N.CC#N.CC(=O)[O-].CC(=O)[O-].CC(=O)[O-].CO.COc1cccc(/C=N/N=C(\[O-])c2ccccc2)c1[O-].COc1cccc(/C=N/N=C(\[O-])c2ccccc2)c1[O-].C[O-].C[O-].[Co+3].[Co+3].[Lu+3]. The normalized spacial score (nSPS) is 8.64. The summed E-state index contributed by atoms with van der Waals surface area (Å²) in [6.45, 7) is 5.78. The first-order valence-electron chi connectivity index (χ1n) is 17.2. The predicted octanol–water partition coefficient (Wildman–Crippen LogP) is -3.30. The van der Waals surface area contributed by atoms with Crippen molar-refractivity contribution < 1.29 is 145 Å². The van der Waals surface area contributed by atoms with E-state index in [0.29, 0.717) is 22.3 Å². The molecule has 0 saturated carbocycles. The van der Waals surface area contributed by atoms with E-state index in [4.69, 9.17) is 65.0 Å². The van der Waals surface area contributed by atoms with Crippen molar-refractivity contribution in [2.24, 2.45) is 20.4 Å². The number of carbonyl (C=O) groups excluding carboxylic acids is 3. The Morgan fingerprint density at radius 2 is 0.761 bits per heavy atom. The minimum atomic E-state index is -1.08. The Labute approximate surface area is 439 Å². The summed E-state index contributed by atoms with van der Waals surface area (Å²) in [5, 5.41) is 126. The largest absolute Gasteiger partial charge is 3.00 e. The minimum Gasteiger partial charge on any atom is -0.870 e. The number of benzene rings is 4. The van der Waals surface area contributed by atoms with E-state index in [1.807, 2.05) is 0 Å². The summed E-state index contributed by atoms with van der Waals surface area (Å²) < 4.78 is 9.82. The van der Waals surface area contributed by atoms with Crippen LogP contribution in [0.1, 0.15) is 56.9 Å². The van der Waals surface area contributed by atoms with E-state index < -0.39 is 29.7 Å². The summed E-state index contributed by atoms with van der Waals surface area (Å²) in [6, 6.07) is 30.3. The van der Waals surface area contributed by atoms with Gasteiger partial charge in [-0.2, -0.15) is 45.1 Å². The summed E-state index contributed by atoms with van der Waals surface area (Å²) in [4.78, 5) is 26.7. The van der Waals surface area contributed by atoms with Gasteiger partial charge in [-0.3, -0.25) is 0 Å². The number of aliphatic hydroxyl groups is 1. The Morgan fingerprint density at radius 1 is 0.537 bits per heavy atom. The number of rotatable bonds is 8. The molecule has 0 saturated heterocycles. The molecular weight excluding hydrogens is 1130 g/mol. The van der Waals surface area contributed by atoms with Gasteiger partial charge in [0.15, 0.2) is 0 Å². The van der Waals surface area contributed by atoms with Crippen molar-refractivity contribution in [1.82, 2.24) is 0 Å². The number of nitrogens with zero attached hydrogens (tertiary/aromatic N) is 6. The molecule has 4 rings (SSSR count). The molecular formula is C43H49Co2LuN6O15. The van der Waals surface area contributed by atoms with Gasteiger partial charge in [-0.25, -0.2) is 0 Å². The molecule has 4 aromatic rings. The Balaban J connectivity index is -0.0000000949. The molecule has 0 bridgehead atoms. The molecule has 0 atom stereocenters. The second kappa shape index (κ2) is 59.9. The number of carbonyl (C=O) groups is 3. The Bertz CT molecular complexity index is 1870. The number of nitriles is 2. The maximum Gasteiger partial charge on any atom is 3.00 e. The van der Waals surface area contributed by atoms with Crippen LogP contribution in [0.15, 0.2) is 117 Å². The smallest absolute Gasteiger partial charge is 0.870 e. The molecule has 0 radical (unpaired) electrons. The van der Waals surface area contributed by atoms with Crippen molar-refractivity contribution in [3.05, 3.63) is 119 Å². The molecule has 21 nitrogen and oxygen atoms in total. The van der Waals surface area contributed by atoms with Crippen molar-refractivity contribution >= 4 is 42.1 Å². The van der Waals surface area contributed by atoms with Crippen molar-refractivity contribution in [3.63, 3.8) is 0 Å². The van der Waals surface area contributed by atoms with Crippen LogP contribution in [0.4, 0.5) is 0 Å². The maximum absolute atomic E-state index is 11.8. The molecule has 0 aromatic heterocycles. The molecule has 0 fully saturated rings. The Morgan fingerprint density at radius 3 is 0.970 bits per heavy atom. The summed E-state index contributed by atoms with van der Waals surface area (Å²) in [5.41, 5.74) is 1.51. The molecule has 67 heavy (non-hydrogen) atoms. The van der Waals surface area contributed by atoms with Gasteiger partial charge in [0.05, 0.1) is 38.8 Å². The van der Waals surface area contributed by atoms with Gasteiger partial charge in [-0.05, 0) is 55.2 Å². The molecule has 1 N–H and O–H groups in total. The Hall–Kier alpha value is -6.12. The summed E-state index contributed by atoms with van der Waals surface area (Å²) in [7, 11) is 5.34. The number of carboxylic acid groups (broad SMARTS) is 3. The maximum atomic E-state index is 11.8. The van der Waals surface area contributed by atoms with Crippen LogP contribution < -0.4 is 55.4 Å². The fourth-order valence-electron chi connectivity index (χ4n) is 3.15. The van der Waals surface area contributed by atoms with Gasteiger partial charge >= 0.3 is 70.4 Å². The number of carboxylic acids is 3. The topological polar surface area (TPSA) is 394 Å². The van der Waals surface area contributed by atoms with Gasteiger partial charge in [0, 0.05) is 50.7 Å². The molecule has 24 heteroatoms. The van der Waals surface area contributed by atoms with Crippen LogP contribution >= 0.6 is 0 Å². The van der Waals surface area contributed by atoms with Crippen LogP contribution in [0, 0.1) is 59.5 Å². The van der Waals surface area contributed by atoms with Gasteiger partial charge < -0.3 is 74.9 Å². The molecule has 0 amide bonds. The fraction of sp³-hybridized carbons (Fsp3) is 0.233. The third-order valence-electron chi connectivity index (χ3n) is 5.19. The predicted molar refractivity (Wildman–Crippen MR) is 221 cm³/mol. The zero-order valence-corrected chi connectivity index (χ0v) is 41.4. The first kappa shape index (κ1) is 81.1. The van der Waals surface area contributed by atoms with Gasteiger partial charge in [0.1, 0.15) is 11.5 Å². The average molecular weight is 1180 g/mol. The number of hydrogen-bond donors (Lipinski definition) is 1. The van der Waals surface area contributed by atoms with E-state index in [1.54, 1.807) is 109 Å². The second-order valence-electron chi connectivity index (χ2n) is 9.71. The van der Waals surface area contributed by atoms with Crippen LogP contribution in [-0.2, 0) is 47.9 Å². The van der Waals surface area contributed by atoms with E-state index >= 15 is 0 Å². The summed E-state index contributed by atoms with van der Waals surface area (Å²) >= 11 is 0. The third-order valence-corrected chi connectivity index (χ3v) is 5.19. The van der Waals surface area contributed by atoms with Gasteiger partial charge in [-0.15, -0.1) is 0 Å². The van der Waals surface area contributed by atoms with Crippen molar-refractivity contribution in [2.45, 2.75) is 34.6 Å². The number of aliphatic carboxylic acids is 3. The molecule has 0 heterocycles. The number of aliphatic hydroxyl groups excluding tert-OH is 1. The first-order valence-corrected chi connectivity index (χ1v) is 17.2. The zero-order chi connectivity index (χ0) is 50.9. The van der Waals surface area contributed by atoms with Crippen LogP contribution in [0.5, 0.6) is 23.0 Å². The Kier molecular flexibility index (Phi) is 72.5. The van der Waals surface area contributed by atoms with E-state index in [0.717, 1.165) is 42.1 Å². The standard InChI is InChI=1S/2C15H14N2O3.2C2H3N.3C2H4O2.CH4O.2CH3O.2Co.Lu/c2*1-20-13-9-5-8-12(14(13)18)10-16-17-15(19)11-6-3-2-4-7-11;2*1-2-3;3*1-2(3)4;3*1-2;;;/h2*2-10,18H,1H3,(H,17,19);2*1H3;3*1H3,(H,3,4);2H,1H3;2*1H3;;;/q;;;;;;;;2*-1;3*+3/p-7/b2*16-10+;;;;;;;;;;;. The van der Waals surface area contributed by atoms with E-state index in [1.165, 1.54) is 40.5 Å².